The smallest absolute Gasteiger partial charge is 0.246 e. The summed E-state index contributed by atoms with van der Waals surface area (Å²) in [5, 5.41) is 7.86. The van der Waals surface area contributed by atoms with Gasteiger partial charge in [-0.2, -0.15) is 0 Å². The van der Waals surface area contributed by atoms with Crippen molar-refractivity contribution < 1.29 is 8.76 Å². The number of nitrogens with zero attached hydrogens (tertiary/aromatic N) is 6. The van der Waals surface area contributed by atoms with Gasteiger partial charge in [0.25, 0.3) is 0 Å². The Kier molecular flexibility index (Phi) is 6.50. The maximum absolute atomic E-state index is 10.9. The lowest BCUT2D eigenvalue weighted by molar-refractivity contribution is 0.313. The lowest BCUT2D eigenvalue weighted by atomic mass is 10.1. The molecule has 0 bridgehead atoms. The molecule has 1 unspecified atom stereocenters. The molecular weight excluding hydrogens is 452 g/mol. The Bertz CT molecular complexity index is 1300. The third-order valence-corrected chi connectivity index (χ3v) is 6.27. The van der Waals surface area contributed by atoms with Crippen LogP contribution in [-0.4, -0.2) is 66.5 Å². The van der Waals surface area contributed by atoms with Gasteiger partial charge < -0.3 is 15.1 Å². The van der Waals surface area contributed by atoms with Crippen molar-refractivity contribution in [1.29, 1.82) is 0 Å². The van der Waals surface area contributed by atoms with Gasteiger partial charge in [0.1, 0.15) is 5.82 Å². The van der Waals surface area contributed by atoms with Crippen LogP contribution in [0.2, 0.25) is 0 Å². The summed E-state index contributed by atoms with van der Waals surface area (Å²) in [6.07, 6.45) is 3.64. The molecule has 0 aliphatic carbocycles. The molecule has 1 aliphatic heterocycles. The largest absolute Gasteiger partial charge is 0.368 e. The average Bonchev–Trinajstić information content (AvgIpc) is 3.27. The van der Waals surface area contributed by atoms with Gasteiger partial charge in [0.2, 0.25) is 17.2 Å². The Hall–Kier alpha value is -3.38. The van der Waals surface area contributed by atoms with Crippen molar-refractivity contribution in [2.75, 3.05) is 43.4 Å². The highest BCUT2D eigenvalue weighted by atomic mass is 32.2. The van der Waals surface area contributed by atoms with Gasteiger partial charge in [-0.25, -0.2) is 23.4 Å². The summed E-state index contributed by atoms with van der Waals surface area (Å²) in [4.78, 5) is 13.6. The van der Waals surface area contributed by atoms with E-state index in [0.717, 1.165) is 54.2 Å². The van der Waals surface area contributed by atoms with E-state index < -0.39 is 11.3 Å². The summed E-state index contributed by atoms with van der Waals surface area (Å²) in [6, 6.07) is 15.7. The number of piperazine rings is 1. The maximum Gasteiger partial charge on any atom is 0.246 e. The molecule has 1 saturated heterocycles. The number of rotatable bonds is 7. The zero-order chi connectivity index (χ0) is 23.5. The average molecular weight is 479 g/mol. The molecule has 1 aromatic carbocycles. The first-order valence-corrected chi connectivity index (χ1v) is 12.1. The van der Waals surface area contributed by atoms with Gasteiger partial charge in [-0.1, -0.05) is 18.2 Å². The van der Waals surface area contributed by atoms with Crippen LogP contribution in [0.5, 0.6) is 0 Å². The molecule has 176 valence electrons. The summed E-state index contributed by atoms with van der Waals surface area (Å²) in [5.74, 6) is 1.12. The predicted molar refractivity (Wildman–Crippen MR) is 133 cm³/mol. The molecule has 11 heteroatoms. The molecule has 0 saturated carbocycles. The van der Waals surface area contributed by atoms with Crippen molar-refractivity contribution in [2.45, 2.75) is 6.54 Å². The van der Waals surface area contributed by atoms with Crippen LogP contribution in [0, 0.1) is 0 Å². The summed E-state index contributed by atoms with van der Waals surface area (Å²) in [5.41, 5.74) is 4.71. The lowest BCUT2D eigenvalue weighted by Gasteiger charge is -2.33. The first-order chi connectivity index (χ1) is 16.5. The van der Waals surface area contributed by atoms with Crippen molar-refractivity contribution in [2.24, 2.45) is 0 Å². The molecule has 0 spiro atoms. The van der Waals surface area contributed by atoms with E-state index in [1.54, 1.807) is 6.20 Å². The van der Waals surface area contributed by atoms with Crippen LogP contribution in [0.1, 0.15) is 5.56 Å². The number of aromatic nitrogens is 4. The van der Waals surface area contributed by atoms with Gasteiger partial charge in [-0.3, -0.25) is 4.55 Å². The third kappa shape index (κ3) is 5.07. The molecule has 1 aliphatic rings. The summed E-state index contributed by atoms with van der Waals surface area (Å²) < 4.78 is 24.2. The van der Waals surface area contributed by atoms with Crippen LogP contribution in [0.3, 0.4) is 0 Å². The van der Waals surface area contributed by atoms with E-state index in [-0.39, 0.29) is 6.54 Å². The van der Waals surface area contributed by atoms with Crippen LogP contribution >= 0.6 is 0 Å². The molecule has 0 radical (unpaired) electrons. The second-order valence-corrected chi connectivity index (χ2v) is 9.01. The molecule has 0 amide bonds. The monoisotopic (exact) mass is 478 g/mol. The lowest BCUT2D eigenvalue weighted by Crippen LogP contribution is -2.44. The van der Waals surface area contributed by atoms with Crippen LogP contribution < -0.4 is 14.9 Å². The van der Waals surface area contributed by atoms with Gasteiger partial charge in [-0.15, -0.1) is 5.10 Å². The number of likely N-dealkylation sites (N-methyl/N-ethyl adjacent to an activating group) is 1. The minimum Gasteiger partial charge on any atom is -0.368 e. The standard InChI is InChI=1S/C23H26N8O2S/c1-29-9-11-30(12-10-29)19-6-8-22(24-15-19)27-23-25-16-20-5-7-21(31(20)28-23)18-4-2-3-17(13-18)14-26-34(32)33/h2-8,13,15-16,26H,9-12,14H2,1H3,(H,32,33)(H,24,27,28). The number of nitrogens with one attached hydrogen (secondary N) is 2. The van der Waals surface area contributed by atoms with E-state index in [0.29, 0.717) is 11.8 Å². The van der Waals surface area contributed by atoms with E-state index in [1.807, 2.05) is 53.2 Å². The summed E-state index contributed by atoms with van der Waals surface area (Å²) in [7, 11) is 2.14. The zero-order valence-corrected chi connectivity index (χ0v) is 19.6. The maximum atomic E-state index is 10.9. The van der Waals surface area contributed by atoms with E-state index >= 15 is 0 Å². The fourth-order valence-corrected chi connectivity index (χ4v) is 4.28. The van der Waals surface area contributed by atoms with Crippen molar-refractivity contribution in [1.82, 2.24) is 29.2 Å². The molecular formula is C23H26N8O2S. The molecule has 1 fully saturated rings. The van der Waals surface area contributed by atoms with Crippen LogP contribution in [0.15, 0.2) is 60.9 Å². The fraction of sp³-hybridized carbons (Fsp3) is 0.261. The second-order valence-electron chi connectivity index (χ2n) is 8.22. The van der Waals surface area contributed by atoms with Crippen molar-refractivity contribution in [3.8, 4) is 11.3 Å². The van der Waals surface area contributed by atoms with E-state index in [9.17, 15) is 4.21 Å². The Labute approximate surface area is 200 Å². The van der Waals surface area contributed by atoms with Gasteiger partial charge in [0, 0.05) is 38.3 Å². The Morgan fingerprint density at radius 3 is 2.65 bits per heavy atom. The van der Waals surface area contributed by atoms with Gasteiger partial charge in [0.05, 0.1) is 29.3 Å². The molecule has 4 aromatic rings. The molecule has 1 atom stereocenters. The van der Waals surface area contributed by atoms with E-state index in [4.69, 9.17) is 4.55 Å². The second kappa shape index (κ2) is 9.85. The van der Waals surface area contributed by atoms with Crippen molar-refractivity contribution in [3.63, 3.8) is 0 Å². The Morgan fingerprint density at radius 2 is 1.88 bits per heavy atom. The quantitative estimate of drug-likeness (QED) is 0.348. The number of pyridine rings is 1. The van der Waals surface area contributed by atoms with E-state index in [2.05, 4.69) is 48.0 Å². The third-order valence-electron chi connectivity index (χ3n) is 5.88. The SMILES string of the molecule is CN1CCN(c2ccc(Nc3ncc4ccc(-c5cccc(CNS(=O)O)c5)n4n3)nc2)CC1. The highest BCUT2D eigenvalue weighted by Gasteiger charge is 2.15. The Balaban J connectivity index is 1.34. The summed E-state index contributed by atoms with van der Waals surface area (Å²) >= 11 is -2.05. The zero-order valence-electron chi connectivity index (χ0n) is 18.8. The molecule has 5 rings (SSSR count). The first-order valence-electron chi connectivity index (χ1n) is 11.0. The van der Waals surface area contributed by atoms with Crippen molar-refractivity contribution >= 4 is 34.2 Å². The van der Waals surface area contributed by atoms with Gasteiger partial charge in [0.15, 0.2) is 0 Å². The topological polar surface area (TPSA) is 111 Å². The molecule has 34 heavy (non-hydrogen) atoms. The van der Waals surface area contributed by atoms with Crippen LogP contribution in [-0.2, 0) is 17.8 Å². The van der Waals surface area contributed by atoms with Gasteiger partial charge >= 0.3 is 0 Å². The summed E-state index contributed by atoms with van der Waals surface area (Å²) in [6.45, 7) is 4.38. The van der Waals surface area contributed by atoms with E-state index in [1.165, 1.54) is 0 Å². The highest BCUT2D eigenvalue weighted by molar-refractivity contribution is 7.77. The number of hydrogen-bond acceptors (Lipinski definition) is 7. The number of hydrogen-bond donors (Lipinski definition) is 3. The van der Waals surface area contributed by atoms with Crippen LogP contribution in [0.4, 0.5) is 17.5 Å². The predicted octanol–water partition coefficient (Wildman–Crippen LogP) is 2.51. The minimum atomic E-state index is -2.05. The van der Waals surface area contributed by atoms with Crippen LogP contribution in [0.25, 0.3) is 16.8 Å². The number of benzene rings is 1. The Morgan fingerprint density at radius 1 is 1.03 bits per heavy atom. The highest BCUT2D eigenvalue weighted by Crippen LogP contribution is 2.24. The minimum absolute atomic E-state index is 0.290. The normalized spacial score (nSPS) is 15.5. The molecule has 10 nitrogen and oxygen atoms in total. The molecule has 4 heterocycles. The number of anilines is 3. The van der Waals surface area contributed by atoms with Crippen molar-refractivity contribution in [3.05, 3.63) is 66.5 Å². The first kappa shape index (κ1) is 22.4. The molecule has 3 N–H and O–H groups in total. The van der Waals surface area contributed by atoms with Gasteiger partial charge in [-0.05, 0) is 42.9 Å². The number of fused-ring (bicyclic) bond motifs is 1. The molecule has 3 aromatic heterocycles. The fourth-order valence-electron chi connectivity index (χ4n) is 3.99.